The van der Waals surface area contributed by atoms with Crippen LogP contribution < -0.4 is 5.73 Å². The molecule has 0 atom stereocenters. The Morgan fingerprint density at radius 2 is 2.30 bits per heavy atom. The first-order valence-corrected chi connectivity index (χ1v) is 2.32. The zero-order chi connectivity index (χ0) is 8.15. The molecule has 0 saturated carbocycles. The number of nitrogens with zero attached hydrogens (tertiary/aromatic N) is 1. The Kier molecular flexibility index (Phi) is 3.06. The summed E-state index contributed by atoms with van der Waals surface area (Å²) in [6.07, 6.45) is 0.377. The monoisotopic (exact) mass is 146 g/mol. The topological polar surface area (TPSA) is 106 Å². The second-order valence-electron chi connectivity index (χ2n) is 1.46. The summed E-state index contributed by atoms with van der Waals surface area (Å²) >= 11 is 0. The number of nitro groups is 1. The van der Waals surface area contributed by atoms with Crippen molar-refractivity contribution >= 4 is 5.91 Å². The van der Waals surface area contributed by atoms with E-state index in [-0.39, 0.29) is 0 Å². The van der Waals surface area contributed by atoms with Gasteiger partial charge in [0.2, 0.25) is 6.20 Å². The van der Waals surface area contributed by atoms with Crippen molar-refractivity contribution in [3.8, 4) is 0 Å². The van der Waals surface area contributed by atoms with Gasteiger partial charge in [0, 0.05) is 0 Å². The lowest BCUT2D eigenvalue weighted by Crippen LogP contribution is -2.17. The van der Waals surface area contributed by atoms with Crippen LogP contribution in [0.15, 0.2) is 11.8 Å². The maximum Gasteiger partial charge on any atom is 0.253 e. The molecule has 3 N–H and O–H groups in total. The van der Waals surface area contributed by atoms with E-state index in [4.69, 9.17) is 5.11 Å². The number of carbonyl (C=O) groups is 1. The van der Waals surface area contributed by atoms with Crippen LogP contribution in [0.4, 0.5) is 0 Å². The molecule has 1 amide bonds. The summed E-state index contributed by atoms with van der Waals surface area (Å²) in [7, 11) is 0. The van der Waals surface area contributed by atoms with Crippen molar-refractivity contribution in [2.45, 2.75) is 0 Å². The molecule has 6 heteroatoms. The molecule has 0 aliphatic carbocycles. The lowest BCUT2D eigenvalue weighted by atomic mass is 10.3. The van der Waals surface area contributed by atoms with Crippen molar-refractivity contribution < 1.29 is 14.8 Å². The van der Waals surface area contributed by atoms with Crippen molar-refractivity contribution in [3.63, 3.8) is 0 Å². The zero-order valence-electron chi connectivity index (χ0n) is 4.98. The largest absolute Gasteiger partial charge is 0.391 e. The fraction of sp³-hybridized carbons (Fsp3) is 0.250. The lowest BCUT2D eigenvalue weighted by Gasteiger charge is -1.90. The van der Waals surface area contributed by atoms with Crippen LogP contribution in [0.5, 0.6) is 0 Å². The molecule has 0 heterocycles. The van der Waals surface area contributed by atoms with Crippen molar-refractivity contribution in [2.75, 3.05) is 6.61 Å². The van der Waals surface area contributed by atoms with Gasteiger partial charge < -0.3 is 10.8 Å². The second kappa shape index (κ2) is 3.57. The maximum atomic E-state index is 10.2. The van der Waals surface area contributed by atoms with E-state index in [0.717, 1.165) is 0 Å². The number of aliphatic hydroxyl groups is 1. The summed E-state index contributed by atoms with van der Waals surface area (Å²) in [5.41, 5.74) is 4.21. The van der Waals surface area contributed by atoms with E-state index in [2.05, 4.69) is 5.73 Å². The maximum absolute atomic E-state index is 10.2. The second-order valence-corrected chi connectivity index (χ2v) is 1.46. The minimum Gasteiger partial charge on any atom is -0.391 e. The first-order chi connectivity index (χ1) is 4.57. The standard InChI is InChI=1S/C4H6N2O4/c5-4(8)3(2-7)1-6(9)10/h1,7H,2H2,(H2,5,8). The van der Waals surface area contributed by atoms with E-state index in [1.165, 1.54) is 0 Å². The van der Waals surface area contributed by atoms with E-state index < -0.39 is 23.0 Å². The molecular weight excluding hydrogens is 140 g/mol. The quantitative estimate of drug-likeness (QED) is 0.291. The molecule has 56 valence electrons. The smallest absolute Gasteiger partial charge is 0.253 e. The van der Waals surface area contributed by atoms with Crippen molar-refractivity contribution in [3.05, 3.63) is 21.9 Å². The third-order valence-electron chi connectivity index (χ3n) is 0.748. The van der Waals surface area contributed by atoms with E-state index in [1.54, 1.807) is 0 Å². The molecule has 10 heavy (non-hydrogen) atoms. The van der Waals surface area contributed by atoms with Crippen LogP contribution in [0, 0.1) is 10.1 Å². The third-order valence-corrected chi connectivity index (χ3v) is 0.748. The van der Waals surface area contributed by atoms with Crippen LogP contribution in [0.3, 0.4) is 0 Å². The summed E-state index contributed by atoms with van der Waals surface area (Å²) < 4.78 is 0. The normalized spacial score (nSPS) is 11.1. The average molecular weight is 146 g/mol. The van der Waals surface area contributed by atoms with Gasteiger partial charge in [0.1, 0.15) is 5.57 Å². The van der Waals surface area contributed by atoms with Crippen LogP contribution in [-0.2, 0) is 4.79 Å². The number of primary amides is 1. The highest BCUT2D eigenvalue weighted by atomic mass is 16.6. The number of rotatable bonds is 3. The number of nitrogens with two attached hydrogens (primary N) is 1. The van der Waals surface area contributed by atoms with E-state index >= 15 is 0 Å². The van der Waals surface area contributed by atoms with Crippen LogP contribution in [0.25, 0.3) is 0 Å². The molecule has 0 aromatic heterocycles. The van der Waals surface area contributed by atoms with Crippen LogP contribution in [0.1, 0.15) is 0 Å². The molecule has 0 aromatic carbocycles. The molecule has 6 nitrogen and oxygen atoms in total. The molecule has 0 aromatic rings. The Labute approximate surface area is 56.1 Å². The third kappa shape index (κ3) is 2.78. The van der Waals surface area contributed by atoms with E-state index in [0.29, 0.717) is 6.20 Å². The summed E-state index contributed by atoms with van der Waals surface area (Å²) in [4.78, 5) is 19.0. The highest BCUT2D eigenvalue weighted by molar-refractivity contribution is 5.91. The molecule has 0 aliphatic rings. The predicted molar refractivity (Wildman–Crippen MR) is 31.4 cm³/mol. The van der Waals surface area contributed by atoms with Gasteiger partial charge in [0.25, 0.3) is 5.91 Å². The molecule has 0 unspecified atom stereocenters. The molecule has 0 radical (unpaired) electrons. The minimum atomic E-state index is -0.987. The molecule has 0 aliphatic heterocycles. The van der Waals surface area contributed by atoms with Gasteiger partial charge in [-0.15, -0.1) is 0 Å². The Morgan fingerprint density at radius 3 is 2.40 bits per heavy atom. The number of hydrogen-bond acceptors (Lipinski definition) is 4. The van der Waals surface area contributed by atoms with Gasteiger partial charge in [-0.2, -0.15) is 0 Å². The zero-order valence-corrected chi connectivity index (χ0v) is 4.98. The van der Waals surface area contributed by atoms with Crippen LogP contribution >= 0.6 is 0 Å². The van der Waals surface area contributed by atoms with Gasteiger partial charge in [-0.3, -0.25) is 14.9 Å². The Morgan fingerprint density at radius 1 is 1.80 bits per heavy atom. The molecule has 0 fully saturated rings. The first-order valence-electron chi connectivity index (χ1n) is 2.32. The average Bonchev–Trinajstić information content (AvgIpc) is 1.81. The van der Waals surface area contributed by atoms with Gasteiger partial charge in [-0.25, -0.2) is 0 Å². The van der Waals surface area contributed by atoms with Crippen molar-refractivity contribution in [1.82, 2.24) is 0 Å². The highest BCUT2D eigenvalue weighted by Gasteiger charge is 2.06. The summed E-state index contributed by atoms with van der Waals surface area (Å²) in [5, 5.41) is 18.0. The first kappa shape index (κ1) is 8.57. The van der Waals surface area contributed by atoms with Crippen LogP contribution in [-0.4, -0.2) is 22.5 Å². The molecule has 0 bridgehead atoms. The fourth-order valence-electron chi connectivity index (χ4n) is 0.310. The SMILES string of the molecule is NC(=O)C(=C[N+](=O)[O-])CO. The molecule has 0 saturated heterocycles. The number of aliphatic hydroxyl groups excluding tert-OH is 1. The summed E-state index contributed by atoms with van der Waals surface area (Å²) in [6, 6.07) is 0. The van der Waals surface area contributed by atoms with Gasteiger partial charge >= 0.3 is 0 Å². The molecular formula is C4H6N2O4. The van der Waals surface area contributed by atoms with Crippen LogP contribution in [0.2, 0.25) is 0 Å². The number of hydrogen-bond donors (Lipinski definition) is 2. The Balaban J connectivity index is 4.34. The fourth-order valence-corrected chi connectivity index (χ4v) is 0.310. The predicted octanol–water partition coefficient (Wildman–Crippen LogP) is -1.38. The lowest BCUT2D eigenvalue weighted by molar-refractivity contribution is -0.403. The minimum absolute atomic E-state index is 0.377. The molecule has 0 spiro atoms. The van der Waals surface area contributed by atoms with Gasteiger partial charge in [-0.05, 0) is 0 Å². The van der Waals surface area contributed by atoms with E-state index in [1.807, 2.05) is 0 Å². The molecule has 0 rings (SSSR count). The van der Waals surface area contributed by atoms with Crippen molar-refractivity contribution in [1.29, 1.82) is 0 Å². The Hall–Kier alpha value is -1.43. The van der Waals surface area contributed by atoms with Gasteiger partial charge in [0.05, 0.1) is 11.5 Å². The highest BCUT2D eigenvalue weighted by Crippen LogP contribution is 1.89. The Bertz CT molecular complexity index is 186. The van der Waals surface area contributed by atoms with E-state index in [9.17, 15) is 14.9 Å². The van der Waals surface area contributed by atoms with Crippen molar-refractivity contribution in [2.24, 2.45) is 5.73 Å². The number of carbonyl (C=O) groups excluding carboxylic acids is 1. The number of amides is 1. The van der Waals surface area contributed by atoms with Gasteiger partial charge in [0.15, 0.2) is 0 Å². The van der Waals surface area contributed by atoms with Gasteiger partial charge in [-0.1, -0.05) is 0 Å². The summed E-state index contributed by atoms with van der Waals surface area (Å²) in [5.74, 6) is -0.987. The summed E-state index contributed by atoms with van der Waals surface area (Å²) in [6.45, 7) is -0.712.